The van der Waals surface area contributed by atoms with Crippen LogP contribution in [0.4, 0.5) is 0 Å². The van der Waals surface area contributed by atoms with Gasteiger partial charge in [0.1, 0.15) is 0 Å². The van der Waals surface area contributed by atoms with E-state index in [1.807, 2.05) is 51.1 Å². The molecule has 0 saturated carbocycles. The third-order valence-electron chi connectivity index (χ3n) is 5.57. The van der Waals surface area contributed by atoms with Crippen LogP contribution in [-0.4, -0.2) is 44.3 Å². The predicted molar refractivity (Wildman–Crippen MR) is 121 cm³/mol. The van der Waals surface area contributed by atoms with Gasteiger partial charge in [-0.3, -0.25) is 4.79 Å². The molecule has 1 fully saturated rings. The van der Waals surface area contributed by atoms with Crippen molar-refractivity contribution < 1.29 is 22.7 Å². The fourth-order valence-electron chi connectivity index (χ4n) is 4.04. The van der Waals surface area contributed by atoms with Gasteiger partial charge in [0.25, 0.3) is 5.91 Å². The quantitative estimate of drug-likeness (QED) is 0.642. The maximum Gasteiger partial charge on any atom is 0.338 e. The van der Waals surface area contributed by atoms with Crippen molar-refractivity contribution in [2.45, 2.75) is 38.1 Å². The molecule has 0 bridgehead atoms. The van der Waals surface area contributed by atoms with Crippen LogP contribution in [0.1, 0.15) is 49.2 Å². The zero-order chi connectivity index (χ0) is 23.3. The number of piperidine rings is 1. The molecule has 1 aliphatic heterocycles. The number of nitrogens with zero attached hydrogens (tertiary/aromatic N) is 1. The Labute approximate surface area is 189 Å². The molecular formula is C24H30N2O5S. The molecule has 3 rings (SSSR count). The van der Waals surface area contributed by atoms with E-state index in [1.165, 1.54) is 28.6 Å². The van der Waals surface area contributed by atoms with Crippen LogP contribution in [0.2, 0.25) is 0 Å². The van der Waals surface area contributed by atoms with Gasteiger partial charge in [-0.2, -0.15) is 4.31 Å². The van der Waals surface area contributed by atoms with Crippen LogP contribution in [0.5, 0.6) is 0 Å². The van der Waals surface area contributed by atoms with Gasteiger partial charge in [0.05, 0.1) is 16.5 Å². The number of rotatable bonds is 7. The Balaban J connectivity index is 1.56. The van der Waals surface area contributed by atoms with E-state index in [2.05, 4.69) is 5.32 Å². The third-order valence-corrected chi connectivity index (χ3v) is 7.42. The van der Waals surface area contributed by atoms with Gasteiger partial charge in [-0.15, -0.1) is 0 Å². The minimum absolute atomic E-state index is 0.143. The van der Waals surface area contributed by atoms with Crippen LogP contribution >= 0.6 is 0 Å². The van der Waals surface area contributed by atoms with Gasteiger partial charge >= 0.3 is 5.97 Å². The molecule has 0 radical (unpaired) electrons. The van der Waals surface area contributed by atoms with E-state index in [0.717, 1.165) is 12.0 Å². The first-order chi connectivity index (χ1) is 15.2. The Morgan fingerprint density at radius 1 is 1.03 bits per heavy atom. The average Bonchev–Trinajstić information content (AvgIpc) is 2.77. The number of carbonyl (C=O) groups excluding carboxylic acids is 2. The summed E-state index contributed by atoms with van der Waals surface area (Å²) in [4.78, 5) is 24.5. The second-order valence-corrected chi connectivity index (χ2v) is 10.5. The molecule has 0 spiro atoms. The topological polar surface area (TPSA) is 92.8 Å². The number of esters is 1. The van der Waals surface area contributed by atoms with Crippen LogP contribution < -0.4 is 5.32 Å². The maximum atomic E-state index is 13.0. The van der Waals surface area contributed by atoms with Crippen molar-refractivity contribution >= 4 is 21.9 Å². The lowest BCUT2D eigenvalue weighted by atomic mass is 9.94. The van der Waals surface area contributed by atoms with E-state index >= 15 is 0 Å². The highest BCUT2D eigenvalue weighted by molar-refractivity contribution is 7.89. The highest BCUT2D eigenvalue weighted by Gasteiger charge is 2.31. The molecule has 1 amide bonds. The number of sulfonamides is 1. The second-order valence-electron chi connectivity index (χ2n) is 8.57. The van der Waals surface area contributed by atoms with Gasteiger partial charge in [0.2, 0.25) is 10.0 Å². The average molecular weight is 459 g/mol. The van der Waals surface area contributed by atoms with E-state index in [-0.39, 0.29) is 16.5 Å². The predicted octanol–water partition coefficient (Wildman–Crippen LogP) is 3.39. The lowest BCUT2D eigenvalue weighted by Crippen LogP contribution is -2.42. The first-order valence-electron chi connectivity index (χ1n) is 10.8. The number of nitrogens with one attached hydrogen (secondary N) is 1. The molecule has 32 heavy (non-hydrogen) atoms. The fourth-order valence-corrected chi connectivity index (χ4v) is 5.72. The smallest absolute Gasteiger partial charge is 0.338 e. The molecular weight excluding hydrogens is 428 g/mol. The molecule has 8 heteroatoms. The lowest BCUT2D eigenvalue weighted by molar-refractivity contribution is -0.124. The first-order valence-corrected chi connectivity index (χ1v) is 12.2. The summed E-state index contributed by atoms with van der Waals surface area (Å²) in [5.41, 5.74) is 1.13. The molecule has 3 atom stereocenters. The Morgan fingerprint density at radius 2 is 1.62 bits per heavy atom. The number of hydrogen-bond donors (Lipinski definition) is 1. The van der Waals surface area contributed by atoms with E-state index in [1.54, 1.807) is 0 Å². The summed E-state index contributed by atoms with van der Waals surface area (Å²) in [6.07, 6.45) is 1.01. The largest absolute Gasteiger partial charge is 0.452 e. The van der Waals surface area contributed by atoms with Crippen LogP contribution in [0.25, 0.3) is 0 Å². The van der Waals surface area contributed by atoms with Gasteiger partial charge in [0.15, 0.2) is 6.61 Å². The highest BCUT2D eigenvalue weighted by Crippen LogP contribution is 2.26. The summed E-state index contributed by atoms with van der Waals surface area (Å²) in [5.74, 6) is -0.490. The monoisotopic (exact) mass is 458 g/mol. The Morgan fingerprint density at radius 3 is 2.22 bits per heavy atom. The number of ether oxygens (including phenoxy) is 1. The molecule has 172 valence electrons. The maximum absolute atomic E-state index is 13.0. The zero-order valence-electron chi connectivity index (χ0n) is 18.7. The van der Waals surface area contributed by atoms with E-state index in [9.17, 15) is 18.0 Å². The van der Waals surface area contributed by atoms with Crippen LogP contribution in [-0.2, 0) is 19.6 Å². The molecule has 1 aliphatic rings. The second kappa shape index (κ2) is 10.3. The first kappa shape index (κ1) is 23.9. The molecule has 1 N–H and O–H groups in total. The van der Waals surface area contributed by atoms with Crippen molar-refractivity contribution in [2.24, 2.45) is 11.8 Å². The fraction of sp³-hybridized carbons (Fsp3) is 0.417. The van der Waals surface area contributed by atoms with E-state index in [0.29, 0.717) is 24.9 Å². The SMILES string of the molecule is CC1CC(C)CN(S(=O)(=O)c2ccc(C(=O)OCC(=O)NC(C)c3ccccc3)cc2)C1. The van der Waals surface area contributed by atoms with Gasteiger partial charge in [-0.05, 0) is 55.0 Å². The third kappa shape index (κ3) is 5.95. The normalized spacial score (nSPS) is 20.3. The van der Waals surface area contributed by atoms with Crippen molar-refractivity contribution in [3.63, 3.8) is 0 Å². The van der Waals surface area contributed by atoms with Crippen LogP contribution in [0, 0.1) is 11.8 Å². The van der Waals surface area contributed by atoms with Crippen molar-refractivity contribution in [3.05, 3.63) is 65.7 Å². The summed E-state index contributed by atoms with van der Waals surface area (Å²) in [5, 5.41) is 2.77. The van der Waals surface area contributed by atoms with Gasteiger partial charge in [0, 0.05) is 13.1 Å². The van der Waals surface area contributed by atoms with Crippen molar-refractivity contribution in [1.82, 2.24) is 9.62 Å². The molecule has 1 heterocycles. The Hall–Kier alpha value is -2.71. The van der Waals surface area contributed by atoms with Crippen molar-refractivity contribution in [1.29, 1.82) is 0 Å². The summed E-state index contributed by atoms with van der Waals surface area (Å²) in [6.45, 7) is 6.51. The summed E-state index contributed by atoms with van der Waals surface area (Å²) in [6, 6.07) is 14.9. The molecule has 3 unspecified atom stereocenters. The highest BCUT2D eigenvalue weighted by atomic mass is 32.2. The molecule has 7 nitrogen and oxygen atoms in total. The van der Waals surface area contributed by atoms with Crippen molar-refractivity contribution in [2.75, 3.05) is 19.7 Å². The molecule has 2 aromatic rings. The summed E-state index contributed by atoms with van der Waals surface area (Å²) >= 11 is 0. The number of hydrogen-bond acceptors (Lipinski definition) is 5. The molecule has 0 aliphatic carbocycles. The number of benzene rings is 2. The molecule has 1 saturated heterocycles. The minimum Gasteiger partial charge on any atom is -0.452 e. The number of carbonyl (C=O) groups is 2. The van der Waals surface area contributed by atoms with Crippen molar-refractivity contribution in [3.8, 4) is 0 Å². The summed E-state index contributed by atoms with van der Waals surface area (Å²) < 4.78 is 32.5. The summed E-state index contributed by atoms with van der Waals surface area (Å²) in [7, 11) is -3.62. The zero-order valence-corrected chi connectivity index (χ0v) is 19.5. The van der Waals surface area contributed by atoms with Crippen LogP contribution in [0.15, 0.2) is 59.5 Å². The number of amides is 1. The van der Waals surface area contributed by atoms with Gasteiger partial charge in [-0.25, -0.2) is 13.2 Å². The van der Waals surface area contributed by atoms with E-state index < -0.39 is 28.5 Å². The standard InChI is InChI=1S/C24H30N2O5S/c1-17-13-18(2)15-26(14-17)32(29,30)22-11-9-21(10-12-22)24(28)31-16-23(27)25-19(3)20-7-5-4-6-8-20/h4-12,17-19H,13-16H2,1-3H3,(H,25,27). The van der Waals surface area contributed by atoms with Gasteiger partial charge < -0.3 is 10.1 Å². The Kier molecular flexibility index (Phi) is 7.69. The van der Waals surface area contributed by atoms with Crippen LogP contribution in [0.3, 0.4) is 0 Å². The minimum atomic E-state index is -3.62. The molecule has 0 aromatic heterocycles. The lowest BCUT2D eigenvalue weighted by Gasteiger charge is -2.34. The van der Waals surface area contributed by atoms with E-state index in [4.69, 9.17) is 4.74 Å². The van der Waals surface area contributed by atoms with Gasteiger partial charge in [-0.1, -0.05) is 44.2 Å². The Bertz CT molecular complexity index is 1030. The molecule has 2 aromatic carbocycles.